The predicted octanol–water partition coefficient (Wildman–Crippen LogP) is 2.61. The van der Waals surface area contributed by atoms with E-state index in [1.165, 1.54) is 5.69 Å². The summed E-state index contributed by atoms with van der Waals surface area (Å²) in [6, 6.07) is 8.59. The van der Waals surface area contributed by atoms with Crippen molar-refractivity contribution < 1.29 is 5.11 Å². The van der Waals surface area contributed by atoms with Crippen molar-refractivity contribution in [3.8, 4) is 0 Å². The Balaban J connectivity index is 1.96. The molecule has 0 spiro atoms. The lowest BCUT2D eigenvalue weighted by Gasteiger charge is -2.13. The molecule has 0 atom stereocenters. The van der Waals surface area contributed by atoms with Crippen LogP contribution in [-0.4, -0.2) is 21.3 Å². The lowest BCUT2D eigenvalue weighted by molar-refractivity contribution is 0.299. The maximum atomic E-state index is 8.87. The van der Waals surface area contributed by atoms with Gasteiger partial charge in [-0.3, -0.25) is 0 Å². The van der Waals surface area contributed by atoms with Crippen LogP contribution in [-0.2, 0) is 13.0 Å². The molecule has 4 nitrogen and oxygen atoms in total. The number of imidazole rings is 1. The number of aliphatic hydroxyl groups excluding tert-OH is 1. The lowest BCUT2D eigenvalue weighted by atomic mass is 10.1. The number of anilines is 1. The van der Waals surface area contributed by atoms with Gasteiger partial charge in [0.15, 0.2) is 0 Å². The molecular weight excluding hydrogens is 238 g/mol. The SMILES string of the molecule is CC(C)n1cncc1CNc1ccc(CCO)cc1. The summed E-state index contributed by atoms with van der Waals surface area (Å²) in [6.07, 6.45) is 4.47. The van der Waals surface area contributed by atoms with Crippen LogP contribution in [0.3, 0.4) is 0 Å². The van der Waals surface area contributed by atoms with Crippen molar-refractivity contribution in [3.05, 3.63) is 48.0 Å². The van der Waals surface area contributed by atoms with Crippen LogP contribution in [0.4, 0.5) is 5.69 Å². The Morgan fingerprint density at radius 2 is 2.00 bits per heavy atom. The predicted molar refractivity (Wildman–Crippen MR) is 77.2 cm³/mol. The smallest absolute Gasteiger partial charge is 0.0951 e. The van der Waals surface area contributed by atoms with E-state index in [-0.39, 0.29) is 6.61 Å². The van der Waals surface area contributed by atoms with E-state index >= 15 is 0 Å². The molecule has 0 unspecified atom stereocenters. The van der Waals surface area contributed by atoms with Crippen LogP contribution in [0.1, 0.15) is 31.1 Å². The van der Waals surface area contributed by atoms with Crippen molar-refractivity contribution in [3.63, 3.8) is 0 Å². The van der Waals surface area contributed by atoms with Crippen LogP contribution in [0.15, 0.2) is 36.8 Å². The van der Waals surface area contributed by atoms with E-state index in [0.29, 0.717) is 12.5 Å². The molecule has 1 aromatic heterocycles. The Morgan fingerprint density at radius 1 is 1.26 bits per heavy atom. The van der Waals surface area contributed by atoms with Gasteiger partial charge < -0.3 is 15.0 Å². The highest BCUT2D eigenvalue weighted by Gasteiger charge is 2.04. The molecule has 0 radical (unpaired) electrons. The maximum absolute atomic E-state index is 8.87. The van der Waals surface area contributed by atoms with Crippen molar-refractivity contribution >= 4 is 5.69 Å². The van der Waals surface area contributed by atoms with Gasteiger partial charge in [0.25, 0.3) is 0 Å². The van der Waals surface area contributed by atoms with Gasteiger partial charge in [-0.05, 0) is 38.0 Å². The first-order valence-electron chi connectivity index (χ1n) is 6.65. The van der Waals surface area contributed by atoms with Gasteiger partial charge >= 0.3 is 0 Å². The quantitative estimate of drug-likeness (QED) is 0.838. The molecule has 0 fully saturated rings. The van der Waals surface area contributed by atoms with Crippen LogP contribution >= 0.6 is 0 Å². The third-order valence-electron chi connectivity index (χ3n) is 3.13. The minimum atomic E-state index is 0.195. The number of hydrogen-bond donors (Lipinski definition) is 2. The molecule has 1 heterocycles. The number of aliphatic hydroxyl groups is 1. The Morgan fingerprint density at radius 3 is 2.63 bits per heavy atom. The monoisotopic (exact) mass is 259 g/mol. The van der Waals surface area contributed by atoms with Crippen molar-refractivity contribution in [2.24, 2.45) is 0 Å². The summed E-state index contributed by atoms with van der Waals surface area (Å²) in [4.78, 5) is 4.19. The second-order valence-corrected chi connectivity index (χ2v) is 4.91. The Labute approximate surface area is 114 Å². The summed E-state index contributed by atoms with van der Waals surface area (Å²) in [5, 5.41) is 12.3. The first-order valence-corrected chi connectivity index (χ1v) is 6.65. The first kappa shape index (κ1) is 13.6. The number of nitrogens with zero attached hydrogens (tertiary/aromatic N) is 2. The average molecular weight is 259 g/mol. The van der Waals surface area contributed by atoms with Gasteiger partial charge in [-0.2, -0.15) is 0 Å². The summed E-state index contributed by atoms with van der Waals surface area (Å²) in [5.41, 5.74) is 3.41. The highest BCUT2D eigenvalue weighted by atomic mass is 16.2. The normalized spacial score (nSPS) is 10.9. The Kier molecular flexibility index (Phi) is 4.58. The first-order chi connectivity index (χ1) is 9.20. The summed E-state index contributed by atoms with van der Waals surface area (Å²) in [7, 11) is 0. The van der Waals surface area contributed by atoms with E-state index in [2.05, 4.69) is 28.7 Å². The zero-order valence-electron chi connectivity index (χ0n) is 11.5. The zero-order chi connectivity index (χ0) is 13.7. The largest absolute Gasteiger partial charge is 0.396 e. The molecule has 19 heavy (non-hydrogen) atoms. The molecule has 2 aromatic rings. The highest BCUT2D eigenvalue weighted by Crippen LogP contribution is 2.13. The van der Waals surface area contributed by atoms with Gasteiger partial charge in [0.2, 0.25) is 0 Å². The van der Waals surface area contributed by atoms with Crippen LogP contribution < -0.4 is 5.32 Å². The van der Waals surface area contributed by atoms with Crippen molar-refractivity contribution in [2.75, 3.05) is 11.9 Å². The fourth-order valence-electron chi connectivity index (χ4n) is 2.04. The molecule has 0 aliphatic heterocycles. The van der Waals surface area contributed by atoms with E-state index in [1.807, 2.05) is 36.8 Å². The van der Waals surface area contributed by atoms with Crippen molar-refractivity contribution in [1.29, 1.82) is 0 Å². The van der Waals surface area contributed by atoms with Gasteiger partial charge in [-0.15, -0.1) is 0 Å². The highest BCUT2D eigenvalue weighted by molar-refractivity contribution is 5.44. The molecule has 0 saturated heterocycles. The standard InChI is InChI=1S/C15H21N3O/c1-12(2)18-11-16-9-15(18)10-17-14-5-3-13(4-6-14)7-8-19/h3-6,9,11-12,17,19H,7-8,10H2,1-2H3. The topological polar surface area (TPSA) is 50.1 Å². The van der Waals surface area contributed by atoms with Gasteiger partial charge in [0.1, 0.15) is 0 Å². The summed E-state index contributed by atoms with van der Waals surface area (Å²) < 4.78 is 2.16. The molecule has 0 amide bonds. The Hall–Kier alpha value is -1.81. The van der Waals surface area contributed by atoms with Crippen LogP contribution in [0.5, 0.6) is 0 Å². The Bertz CT molecular complexity index is 502. The van der Waals surface area contributed by atoms with E-state index in [1.54, 1.807) is 0 Å². The average Bonchev–Trinajstić information content (AvgIpc) is 2.87. The summed E-state index contributed by atoms with van der Waals surface area (Å²) in [6.45, 7) is 5.25. The van der Waals surface area contributed by atoms with Gasteiger partial charge in [0.05, 0.1) is 18.6 Å². The van der Waals surface area contributed by atoms with Crippen molar-refractivity contribution in [2.45, 2.75) is 32.9 Å². The molecule has 2 rings (SSSR count). The number of aromatic nitrogens is 2. The fraction of sp³-hybridized carbons (Fsp3) is 0.400. The van der Waals surface area contributed by atoms with E-state index < -0.39 is 0 Å². The van der Waals surface area contributed by atoms with E-state index in [0.717, 1.165) is 17.8 Å². The van der Waals surface area contributed by atoms with Crippen LogP contribution in [0.2, 0.25) is 0 Å². The lowest BCUT2D eigenvalue weighted by Crippen LogP contribution is -2.08. The van der Waals surface area contributed by atoms with Gasteiger partial charge in [0, 0.05) is 24.5 Å². The zero-order valence-corrected chi connectivity index (χ0v) is 11.5. The molecule has 0 bridgehead atoms. The summed E-state index contributed by atoms with van der Waals surface area (Å²) >= 11 is 0. The minimum absolute atomic E-state index is 0.195. The summed E-state index contributed by atoms with van der Waals surface area (Å²) in [5.74, 6) is 0. The molecule has 0 saturated carbocycles. The van der Waals surface area contributed by atoms with Crippen molar-refractivity contribution in [1.82, 2.24) is 9.55 Å². The van der Waals surface area contributed by atoms with Gasteiger partial charge in [-0.25, -0.2) is 4.98 Å². The third kappa shape index (κ3) is 3.58. The second-order valence-electron chi connectivity index (χ2n) is 4.91. The maximum Gasteiger partial charge on any atom is 0.0951 e. The fourth-order valence-corrected chi connectivity index (χ4v) is 2.04. The number of rotatable bonds is 6. The minimum Gasteiger partial charge on any atom is -0.396 e. The molecular formula is C15H21N3O. The molecule has 4 heteroatoms. The molecule has 1 aromatic carbocycles. The number of benzene rings is 1. The number of nitrogens with one attached hydrogen (secondary N) is 1. The van der Waals surface area contributed by atoms with E-state index in [4.69, 9.17) is 5.11 Å². The molecule has 0 aliphatic rings. The molecule has 102 valence electrons. The van der Waals surface area contributed by atoms with E-state index in [9.17, 15) is 0 Å². The van der Waals surface area contributed by atoms with Crippen LogP contribution in [0.25, 0.3) is 0 Å². The van der Waals surface area contributed by atoms with Gasteiger partial charge in [-0.1, -0.05) is 12.1 Å². The second kappa shape index (κ2) is 6.38. The van der Waals surface area contributed by atoms with Crippen LogP contribution in [0, 0.1) is 0 Å². The molecule has 2 N–H and O–H groups in total. The third-order valence-corrected chi connectivity index (χ3v) is 3.13. The number of hydrogen-bond acceptors (Lipinski definition) is 3. The molecule has 0 aliphatic carbocycles.